The van der Waals surface area contributed by atoms with E-state index in [1.54, 1.807) is 0 Å². The molecule has 0 atom stereocenters. The number of hydrogen-bond acceptors (Lipinski definition) is 3. The lowest BCUT2D eigenvalue weighted by molar-refractivity contribution is -0.127. The highest BCUT2D eigenvalue weighted by molar-refractivity contribution is 5.79. The van der Waals surface area contributed by atoms with Gasteiger partial charge in [0.25, 0.3) is 0 Å². The van der Waals surface area contributed by atoms with Gasteiger partial charge in [0.1, 0.15) is 0 Å². The van der Waals surface area contributed by atoms with Crippen LogP contribution in [0.4, 0.5) is 0 Å². The summed E-state index contributed by atoms with van der Waals surface area (Å²) in [5.41, 5.74) is 0. The number of hydrogen-bond donors (Lipinski definition) is 2. The topological polar surface area (TPSA) is 52.6 Å². The molecule has 0 unspecified atom stereocenters. The number of amides is 1. The van der Waals surface area contributed by atoms with Crippen LogP contribution in [0.3, 0.4) is 0 Å². The lowest BCUT2D eigenvalue weighted by Crippen LogP contribution is -2.43. The molecule has 4 heteroatoms. The maximum absolute atomic E-state index is 12.0. The highest BCUT2D eigenvalue weighted by Gasteiger charge is 2.26. The zero-order valence-electron chi connectivity index (χ0n) is 9.82. The SMILES string of the molecule is O=C(NC1CCCC1)C1CCN(CO)CC1. The third-order valence-corrected chi connectivity index (χ3v) is 3.86. The normalized spacial score (nSPS) is 24.8. The van der Waals surface area contributed by atoms with Gasteiger partial charge in [0.15, 0.2) is 0 Å². The van der Waals surface area contributed by atoms with E-state index in [1.807, 2.05) is 4.90 Å². The zero-order valence-corrected chi connectivity index (χ0v) is 9.82. The van der Waals surface area contributed by atoms with E-state index in [-0.39, 0.29) is 18.6 Å². The van der Waals surface area contributed by atoms with Gasteiger partial charge in [0, 0.05) is 25.0 Å². The molecule has 92 valence electrons. The Bertz CT molecular complexity index is 231. The van der Waals surface area contributed by atoms with Crippen molar-refractivity contribution in [3.8, 4) is 0 Å². The van der Waals surface area contributed by atoms with E-state index in [9.17, 15) is 4.79 Å². The number of nitrogens with zero attached hydrogens (tertiary/aromatic N) is 1. The molecule has 2 rings (SSSR count). The molecule has 1 aliphatic heterocycles. The van der Waals surface area contributed by atoms with Crippen molar-refractivity contribution in [2.75, 3.05) is 19.8 Å². The Morgan fingerprint density at radius 1 is 1.19 bits per heavy atom. The second-order valence-corrected chi connectivity index (χ2v) is 5.02. The standard InChI is InChI=1S/C12H22N2O2/c15-9-14-7-5-10(6-8-14)12(16)13-11-3-1-2-4-11/h10-11,15H,1-9H2,(H,13,16). The third-order valence-electron chi connectivity index (χ3n) is 3.86. The van der Waals surface area contributed by atoms with Crippen molar-refractivity contribution < 1.29 is 9.90 Å². The van der Waals surface area contributed by atoms with Gasteiger partial charge in [0.2, 0.25) is 5.91 Å². The minimum atomic E-state index is 0.122. The fourth-order valence-electron chi connectivity index (χ4n) is 2.73. The van der Waals surface area contributed by atoms with Crippen LogP contribution in [0.5, 0.6) is 0 Å². The predicted molar refractivity (Wildman–Crippen MR) is 61.8 cm³/mol. The van der Waals surface area contributed by atoms with E-state index in [0.29, 0.717) is 6.04 Å². The van der Waals surface area contributed by atoms with Crippen molar-refractivity contribution in [3.05, 3.63) is 0 Å². The average Bonchev–Trinajstić information content (AvgIpc) is 2.82. The predicted octanol–water partition coefficient (Wildman–Crippen LogP) is 0.707. The number of piperidine rings is 1. The first-order valence-electron chi connectivity index (χ1n) is 6.43. The maximum atomic E-state index is 12.0. The molecule has 1 saturated heterocycles. The summed E-state index contributed by atoms with van der Waals surface area (Å²) in [4.78, 5) is 13.9. The van der Waals surface area contributed by atoms with Crippen molar-refractivity contribution in [2.45, 2.75) is 44.6 Å². The van der Waals surface area contributed by atoms with E-state index in [2.05, 4.69) is 5.32 Å². The largest absolute Gasteiger partial charge is 0.381 e. The fraction of sp³-hybridized carbons (Fsp3) is 0.917. The maximum Gasteiger partial charge on any atom is 0.223 e. The molecule has 0 spiro atoms. The van der Waals surface area contributed by atoms with E-state index >= 15 is 0 Å². The number of carbonyl (C=O) groups excluding carboxylic acids is 1. The van der Waals surface area contributed by atoms with Crippen molar-refractivity contribution in [1.29, 1.82) is 0 Å². The van der Waals surface area contributed by atoms with Crippen LogP contribution in [0.15, 0.2) is 0 Å². The van der Waals surface area contributed by atoms with Gasteiger partial charge in [-0.15, -0.1) is 0 Å². The van der Waals surface area contributed by atoms with Crippen molar-refractivity contribution in [2.24, 2.45) is 5.92 Å². The number of carbonyl (C=O) groups is 1. The molecule has 1 aliphatic carbocycles. The quantitative estimate of drug-likeness (QED) is 0.745. The van der Waals surface area contributed by atoms with E-state index in [4.69, 9.17) is 5.11 Å². The number of aliphatic hydroxyl groups excluding tert-OH is 1. The van der Waals surface area contributed by atoms with Gasteiger partial charge in [-0.25, -0.2) is 0 Å². The Balaban J connectivity index is 1.73. The minimum Gasteiger partial charge on any atom is -0.381 e. The fourth-order valence-corrected chi connectivity index (χ4v) is 2.73. The number of nitrogens with one attached hydrogen (secondary N) is 1. The van der Waals surface area contributed by atoms with Crippen LogP contribution in [-0.2, 0) is 4.79 Å². The first kappa shape index (κ1) is 11.9. The third kappa shape index (κ3) is 2.95. The monoisotopic (exact) mass is 226 g/mol. The summed E-state index contributed by atoms with van der Waals surface area (Å²) in [7, 11) is 0. The summed E-state index contributed by atoms with van der Waals surface area (Å²) in [5.74, 6) is 0.410. The molecule has 0 aromatic heterocycles. The van der Waals surface area contributed by atoms with Gasteiger partial charge in [0.05, 0.1) is 6.73 Å². The Hall–Kier alpha value is -0.610. The molecule has 0 aromatic carbocycles. The molecule has 0 aromatic rings. The Labute approximate surface area is 97.0 Å². The zero-order chi connectivity index (χ0) is 11.4. The molecular formula is C12H22N2O2. The molecule has 2 N–H and O–H groups in total. The summed E-state index contributed by atoms with van der Waals surface area (Å²) in [6.07, 6.45) is 6.60. The average molecular weight is 226 g/mol. The van der Waals surface area contributed by atoms with Gasteiger partial charge in [-0.3, -0.25) is 9.69 Å². The van der Waals surface area contributed by atoms with Crippen LogP contribution in [-0.4, -0.2) is 41.8 Å². The molecule has 1 amide bonds. The van der Waals surface area contributed by atoms with E-state index in [0.717, 1.165) is 38.8 Å². The van der Waals surface area contributed by atoms with Crippen LogP contribution in [0.1, 0.15) is 38.5 Å². The summed E-state index contributed by atoms with van der Waals surface area (Å²) < 4.78 is 0. The lowest BCUT2D eigenvalue weighted by atomic mass is 9.96. The van der Waals surface area contributed by atoms with Crippen LogP contribution >= 0.6 is 0 Å². The molecule has 16 heavy (non-hydrogen) atoms. The first-order valence-corrected chi connectivity index (χ1v) is 6.43. The molecule has 4 nitrogen and oxygen atoms in total. The summed E-state index contributed by atoms with van der Waals surface area (Å²) in [6, 6.07) is 0.434. The van der Waals surface area contributed by atoms with Gasteiger partial charge in [-0.2, -0.15) is 0 Å². The molecule has 1 heterocycles. The summed E-state index contributed by atoms with van der Waals surface area (Å²) >= 11 is 0. The lowest BCUT2D eigenvalue weighted by Gasteiger charge is -2.30. The van der Waals surface area contributed by atoms with Gasteiger partial charge >= 0.3 is 0 Å². The number of aliphatic hydroxyl groups is 1. The number of rotatable bonds is 3. The second kappa shape index (κ2) is 5.64. The van der Waals surface area contributed by atoms with E-state index < -0.39 is 0 Å². The highest BCUT2D eigenvalue weighted by atomic mass is 16.3. The molecular weight excluding hydrogens is 204 g/mol. The summed E-state index contributed by atoms with van der Waals surface area (Å²) in [5, 5.41) is 12.1. The van der Waals surface area contributed by atoms with Gasteiger partial charge in [-0.1, -0.05) is 12.8 Å². The van der Waals surface area contributed by atoms with Gasteiger partial charge in [-0.05, 0) is 25.7 Å². The van der Waals surface area contributed by atoms with Crippen molar-refractivity contribution >= 4 is 5.91 Å². The summed E-state index contributed by atoms with van der Waals surface area (Å²) in [6.45, 7) is 1.81. The minimum absolute atomic E-state index is 0.122. The number of likely N-dealkylation sites (tertiary alicyclic amines) is 1. The van der Waals surface area contributed by atoms with Crippen LogP contribution < -0.4 is 5.32 Å². The Morgan fingerprint density at radius 3 is 2.38 bits per heavy atom. The molecule has 2 fully saturated rings. The smallest absolute Gasteiger partial charge is 0.223 e. The van der Waals surface area contributed by atoms with E-state index in [1.165, 1.54) is 12.8 Å². The second-order valence-electron chi connectivity index (χ2n) is 5.02. The molecule has 1 saturated carbocycles. The van der Waals surface area contributed by atoms with Crippen LogP contribution in [0, 0.1) is 5.92 Å². The van der Waals surface area contributed by atoms with Crippen molar-refractivity contribution in [3.63, 3.8) is 0 Å². The highest BCUT2D eigenvalue weighted by Crippen LogP contribution is 2.21. The van der Waals surface area contributed by atoms with Crippen LogP contribution in [0.25, 0.3) is 0 Å². The Kier molecular flexibility index (Phi) is 4.18. The van der Waals surface area contributed by atoms with Gasteiger partial charge < -0.3 is 10.4 Å². The Morgan fingerprint density at radius 2 is 1.81 bits per heavy atom. The molecule has 2 aliphatic rings. The van der Waals surface area contributed by atoms with Crippen molar-refractivity contribution in [1.82, 2.24) is 10.2 Å². The molecule has 0 bridgehead atoms. The van der Waals surface area contributed by atoms with Crippen LogP contribution in [0.2, 0.25) is 0 Å². The molecule has 0 radical (unpaired) electrons. The first-order chi connectivity index (χ1) is 7.79.